The van der Waals surface area contributed by atoms with E-state index < -0.39 is 47.0 Å². The van der Waals surface area contributed by atoms with Gasteiger partial charge in [0.25, 0.3) is 0 Å². The molecular weight excluding hydrogens is 574 g/mol. The molecule has 1 saturated carbocycles. The highest BCUT2D eigenvalue weighted by Crippen LogP contribution is 2.56. The highest BCUT2D eigenvalue weighted by molar-refractivity contribution is 6.33. The molecule has 0 radical (unpaired) electrons. The Balaban J connectivity index is 1.60. The minimum Gasteiger partial charge on any atom is -0.480 e. The van der Waals surface area contributed by atoms with Gasteiger partial charge in [0, 0.05) is 52.8 Å². The highest BCUT2D eigenvalue weighted by Gasteiger charge is 2.51. The maximum atomic E-state index is 16.5. The van der Waals surface area contributed by atoms with Crippen molar-refractivity contribution in [1.29, 1.82) is 0 Å². The summed E-state index contributed by atoms with van der Waals surface area (Å²) in [6.45, 7) is 5.81. The Kier molecular flexibility index (Phi) is 9.06. The summed E-state index contributed by atoms with van der Waals surface area (Å²) in [4.78, 5) is 12.6. The van der Waals surface area contributed by atoms with Gasteiger partial charge >= 0.3 is 0 Å². The van der Waals surface area contributed by atoms with Crippen LogP contribution in [0.3, 0.4) is 0 Å². The molecule has 0 saturated heterocycles. The lowest BCUT2D eigenvalue weighted by Crippen LogP contribution is -2.49. The summed E-state index contributed by atoms with van der Waals surface area (Å²) in [7, 11) is 0. The second-order valence-corrected chi connectivity index (χ2v) is 13.1. The number of aliphatic hydroxyl groups is 2. The Hall–Kier alpha value is -2.78. The van der Waals surface area contributed by atoms with Gasteiger partial charge in [0.1, 0.15) is 17.7 Å². The number of primary amides is 1. The molecule has 232 valence electrons. The van der Waals surface area contributed by atoms with E-state index in [0.717, 1.165) is 18.4 Å². The number of halogens is 3. The Bertz CT molecular complexity index is 1420. The largest absolute Gasteiger partial charge is 0.480 e. The third-order valence-corrected chi connectivity index (χ3v) is 9.90. The zero-order valence-corrected chi connectivity index (χ0v) is 25.6. The smallest absolute Gasteiger partial charge is 0.249 e. The van der Waals surface area contributed by atoms with E-state index in [1.807, 2.05) is 44.2 Å². The molecule has 6 nitrogen and oxygen atoms in total. The maximum absolute atomic E-state index is 16.5. The van der Waals surface area contributed by atoms with Gasteiger partial charge in [-0.25, -0.2) is 8.78 Å². The lowest BCUT2D eigenvalue weighted by molar-refractivity contribution is -0.114. The van der Waals surface area contributed by atoms with E-state index in [9.17, 15) is 15.0 Å². The average molecular weight is 615 g/mol. The van der Waals surface area contributed by atoms with E-state index in [1.54, 1.807) is 13.0 Å². The summed E-state index contributed by atoms with van der Waals surface area (Å²) in [5, 5.41) is 23.6. The van der Waals surface area contributed by atoms with Crippen molar-refractivity contribution in [2.45, 2.75) is 94.7 Å². The molecule has 1 fully saturated rings. The van der Waals surface area contributed by atoms with Crippen molar-refractivity contribution in [3.8, 4) is 5.75 Å². The number of hydrogen-bond acceptors (Lipinski definition) is 5. The standard InChI is InChI=1S/C34H41ClF2N2O4/c1-19(40)9-10-21-11-12-24(32(38)41)28(31(21)37)29-27-20(2)34(22-7-5-4-6-8-22,43-26(27)17-25(36)30(29)35)18-39-23-13-15-33(3,42)16-14-23/h4-8,11-12,17,19-21,23,31,39-40,42H,9-10,13-16,18H2,1-3H3,(H2,38,41)/t19-,20-,21-,23?,31-,33?,34-/m0/s1. The number of fused-ring (bicyclic) bond motifs is 1. The number of allylic oxidation sites excluding steroid dienone is 2. The minimum absolute atomic E-state index is 0.0480. The molecule has 0 unspecified atom stereocenters. The van der Waals surface area contributed by atoms with Crippen LogP contribution < -0.4 is 15.8 Å². The van der Waals surface area contributed by atoms with Gasteiger partial charge in [0.2, 0.25) is 5.91 Å². The number of benzene rings is 2. The van der Waals surface area contributed by atoms with Crippen LogP contribution in [0.1, 0.15) is 81.9 Å². The molecule has 9 heteroatoms. The zero-order valence-electron chi connectivity index (χ0n) is 24.9. The van der Waals surface area contributed by atoms with Gasteiger partial charge in [-0.15, -0.1) is 0 Å². The number of aliphatic hydroxyl groups excluding tert-OH is 1. The first-order valence-corrected chi connectivity index (χ1v) is 15.5. The van der Waals surface area contributed by atoms with Crippen LogP contribution in [-0.2, 0) is 10.4 Å². The SMILES string of the molecule is C[C@H](O)CC[C@H]1C=CC(C(N)=O)=C(c2c(Cl)c(F)cc3c2[C@H](C)[C@@](CNC2CCC(C)(O)CC2)(c2ccccc2)O3)[C@H]1F. The number of ether oxygens (including phenoxy) is 1. The minimum atomic E-state index is -1.71. The first-order chi connectivity index (χ1) is 20.3. The molecule has 0 spiro atoms. The van der Waals surface area contributed by atoms with E-state index in [4.69, 9.17) is 22.1 Å². The molecule has 5 atom stereocenters. The Morgan fingerprint density at radius 3 is 2.56 bits per heavy atom. The number of alkyl halides is 1. The molecule has 2 aliphatic carbocycles. The molecule has 1 heterocycles. The molecule has 5 N–H and O–H groups in total. The van der Waals surface area contributed by atoms with Gasteiger partial charge < -0.3 is 26.0 Å². The van der Waals surface area contributed by atoms with Gasteiger partial charge in [-0.2, -0.15) is 0 Å². The van der Waals surface area contributed by atoms with Gasteiger partial charge in [-0.05, 0) is 57.9 Å². The van der Waals surface area contributed by atoms with Crippen LogP contribution in [0.4, 0.5) is 8.78 Å². The summed E-state index contributed by atoms with van der Waals surface area (Å²) >= 11 is 6.66. The Morgan fingerprint density at radius 1 is 1.26 bits per heavy atom. The normalized spacial score (nSPS) is 31.1. The van der Waals surface area contributed by atoms with Crippen molar-refractivity contribution >= 4 is 23.1 Å². The molecular formula is C34H41ClF2N2O4. The predicted molar refractivity (Wildman–Crippen MR) is 164 cm³/mol. The molecule has 5 rings (SSSR count). The van der Waals surface area contributed by atoms with Crippen LogP contribution >= 0.6 is 11.6 Å². The number of nitrogens with two attached hydrogens (primary N) is 1. The fraction of sp³-hybridized carbons (Fsp3) is 0.500. The van der Waals surface area contributed by atoms with E-state index in [2.05, 4.69) is 5.32 Å². The molecule has 43 heavy (non-hydrogen) atoms. The van der Waals surface area contributed by atoms with Crippen LogP contribution in [0.5, 0.6) is 5.75 Å². The van der Waals surface area contributed by atoms with Crippen LogP contribution in [0, 0.1) is 11.7 Å². The summed E-state index contributed by atoms with van der Waals surface area (Å²) in [6.07, 6.45) is 4.35. The number of carbonyl (C=O) groups excluding carboxylic acids is 1. The first kappa shape index (κ1) is 31.6. The fourth-order valence-electron chi connectivity index (χ4n) is 6.91. The topological polar surface area (TPSA) is 105 Å². The maximum Gasteiger partial charge on any atom is 0.249 e. The molecule has 0 aromatic heterocycles. The number of amides is 1. The van der Waals surface area contributed by atoms with Gasteiger partial charge in [0.05, 0.1) is 16.7 Å². The Morgan fingerprint density at radius 2 is 1.93 bits per heavy atom. The molecule has 3 aliphatic rings. The number of nitrogens with one attached hydrogen (secondary N) is 1. The van der Waals surface area contributed by atoms with Gasteiger partial charge in [0.15, 0.2) is 5.60 Å². The Labute approximate surface area is 257 Å². The molecule has 2 aromatic carbocycles. The van der Waals surface area contributed by atoms with Gasteiger partial charge in [-0.3, -0.25) is 4.79 Å². The summed E-state index contributed by atoms with van der Waals surface area (Å²) in [6, 6.07) is 11.0. The molecule has 2 aromatic rings. The third kappa shape index (κ3) is 6.12. The zero-order chi connectivity index (χ0) is 31.1. The predicted octanol–water partition coefficient (Wildman–Crippen LogP) is 6.08. The van der Waals surface area contributed by atoms with Crippen LogP contribution in [-0.4, -0.2) is 46.6 Å². The summed E-state index contributed by atoms with van der Waals surface area (Å²) in [5.74, 6) is -2.49. The molecule has 0 bridgehead atoms. The van der Waals surface area contributed by atoms with Crippen LogP contribution in [0.15, 0.2) is 54.1 Å². The summed E-state index contributed by atoms with van der Waals surface area (Å²) < 4.78 is 38.8. The number of carbonyl (C=O) groups is 1. The first-order valence-electron chi connectivity index (χ1n) is 15.1. The lowest BCUT2D eigenvalue weighted by atomic mass is 9.74. The van der Waals surface area contributed by atoms with Crippen LogP contribution in [0.2, 0.25) is 5.02 Å². The van der Waals surface area contributed by atoms with Crippen molar-refractivity contribution < 1.29 is 28.5 Å². The van der Waals surface area contributed by atoms with Crippen molar-refractivity contribution in [1.82, 2.24) is 5.32 Å². The van der Waals surface area contributed by atoms with Crippen LogP contribution in [0.25, 0.3) is 5.57 Å². The van der Waals surface area contributed by atoms with E-state index in [1.165, 1.54) is 12.1 Å². The fourth-order valence-corrected chi connectivity index (χ4v) is 7.16. The van der Waals surface area contributed by atoms with Crippen molar-refractivity contribution in [3.63, 3.8) is 0 Å². The second kappa shape index (κ2) is 12.3. The third-order valence-electron chi connectivity index (χ3n) is 9.53. The monoisotopic (exact) mass is 614 g/mol. The number of hydrogen-bond donors (Lipinski definition) is 4. The van der Waals surface area contributed by atoms with Crippen molar-refractivity contribution in [3.05, 3.63) is 81.7 Å². The van der Waals surface area contributed by atoms with E-state index in [-0.39, 0.29) is 33.5 Å². The van der Waals surface area contributed by atoms with Gasteiger partial charge in [-0.1, -0.05) is 61.0 Å². The lowest BCUT2D eigenvalue weighted by Gasteiger charge is -2.38. The molecule has 1 aliphatic heterocycles. The molecule has 1 amide bonds. The van der Waals surface area contributed by atoms with E-state index in [0.29, 0.717) is 37.8 Å². The number of rotatable bonds is 9. The quantitative estimate of drug-likeness (QED) is 0.274. The van der Waals surface area contributed by atoms with E-state index >= 15 is 8.78 Å². The second-order valence-electron chi connectivity index (χ2n) is 12.7. The average Bonchev–Trinajstić information content (AvgIpc) is 3.24. The van der Waals surface area contributed by atoms with Crippen molar-refractivity contribution in [2.24, 2.45) is 11.7 Å². The highest BCUT2D eigenvalue weighted by atomic mass is 35.5. The summed E-state index contributed by atoms with van der Waals surface area (Å²) in [5.41, 5.74) is 5.43. The van der Waals surface area contributed by atoms with Crippen molar-refractivity contribution in [2.75, 3.05) is 6.54 Å².